The monoisotopic (exact) mass is 613 g/mol. The number of morpholine rings is 1. The molecule has 0 aromatic rings. The number of carbonyl (C=O) groups excluding carboxylic acids is 3. The molecule has 4 saturated heterocycles. The highest BCUT2D eigenvalue weighted by Crippen LogP contribution is 2.68. The van der Waals surface area contributed by atoms with E-state index in [2.05, 4.69) is 34.0 Å². The van der Waals surface area contributed by atoms with Crippen LogP contribution in [0.1, 0.15) is 26.2 Å². The van der Waals surface area contributed by atoms with E-state index in [1.165, 1.54) is 0 Å². The van der Waals surface area contributed by atoms with Gasteiger partial charge in [-0.05, 0) is 26.2 Å². The second kappa shape index (κ2) is 12.8. The number of nitrogens with zero attached hydrogens (tertiary/aromatic N) is 3. The minimum Gasteiger partial charge on any atom is -0.465 e. The maximum absolute atomic E-state index is 14.3. The Balaban J connectivity index is 1.62. The Morgan fingerprint density at radius 3 is 2.74 bits per heavy atom. The van der Waals surface area contributed by atoms with Gasteiger partial charge in [0.25, 0.3) is 0 Å². The zero-order valence-electron chi connectivity index (χ0n) is 22.1. The number of esters is 1. The fraction of sp³-hybridized carbons (Fsp3) is 0.741. The second-order valence-corrected chi connectivity index (χ2v) is 13.3. The van der Waals surface area contributed by atoms with E-state index in [9.17, 15) is 19.5 Å². The van der Waals surface area contributed by atoms with E-state index in [1.807, 2.05) is 0 Å². The van der Waals surface area contributed by atoms with Crippen LogP contribution in [0.3, 0.4) is 0 Å². The number of unbranched alkanes of at least 4 members (excludes halogenated alkanes) is 1. The van der Waals surface area contributed by atoms with Gasteiger partial charge >= 0.3 is 5.97 Å². The molecule has 1 spiro atoms. The molecule has 0 aliphatic carbocycles. The van der Waals surface area contributed by atoms with Crippen molar-refractivity contribution in [2.24, 2.45) is 11.8 Å². The van der Waals surface area contributed by atoms with E-state index in [-0.39, 0.29) is 41.1 Å². The summed E-state index contributed by atoms with van der Waals surface area (Å²) < 4.78 is 10.3. The summed E-state index contributed by atoms with van der Waals surface area (Å²) in [6.45, 7) is 13.9. The summed E-state index contributed by atoms with van der Waals surface area (Å²) in [6, 6.07) is -1.33. The third-order valence-electron chi connectivity index (χ3n) is 8.22. The maximum atomic E-state index is 14.3. The van der Waals surface area contributed by atoms with Gasteiger partial charge in [0.1, 0.15) is 6.04 Å². The van der Waals surface area contributed by atoms with Crippen molar-refractivity contribution in [3.63, 3.8) is 0 Å². The van der Waals surface area contributed by atoms with Gasteiger partial charge in [-0.2, -0.15) is 0 Å². The van der Waals surface area contributed by atoms with E-state index in [0.29, 0.717) is 45.7 Å². The number of amides is 2. The number of allylic oxidation sites excluding steroid dienone is 1. The van der Waals surface area contributed by atoms with Crippen LogP contribution in [0, 0.1) is 11.8 Å². The number of fused-ring (bicyclic) bond motifs is 1. The quantitative estimate of drug-likeness (QED) is 0.145. The summed E-state index contributed by atoms with van der Waals surface area (Å²) in [7, 11) is 0. The van der Waals surface area contributed by atoms with Crippen molar-refractivity contribution >= 4 is 45.5 Å². The van der Waals surface area contributed by atoms with Gasteiger partial charge in [0.2, 0.25) is 11.8 Å². The smallest absolute Gasteiger partial charge is 0.310 e. The lowest BCUT2D eigenvalue weighted by Crippen LogP contribution is -2.58. The molecule has 0 saturated carbocycles. The summed E-state index contributed by atoms with van der Waals surface area (Å²) >= 11 is 5.35. The van der Waals surface area contributed by atoms with Crippen molar-refractivity contribution in [1.29, 1.82) is 0 Å². The molecule has 0 aromatic heterocycles. The number of aliphatic hydroxyl groups excluding tert-OH is 1. The number of hydrogen-bond donors (Lipinski definition) is 1. The molecule has 4 heterocycles. The Morgan fingerprint density at radius 2 is 2.08 bits per heavy atom. The molecule has 2 bridgehead atoms. The fourth-order valence-corrected chi connectivity index (χ4v) is 9.96. The van der Waals surface area contributed by atoms with Crippen LogP contribution in [0.4, 0.5) is 0 Å². The van der Waals surface area contributed by atoms with Crippen LogP contribution >= 0.6 is 27.7 Å². The Kier molecular flexibility index (Phi) is 10.00. The largest absolute Gasteiger partial charge is 0.465 e. The van der Waals surface area contributed by atoms with Gasteiger partial charge in [-0.3, -0.25) is 19.3 Å². The topological polar surface area (TPSA) is 99.6 Å². The van der Waals surface area contributed by atoms with Gasteiger partial charge in [0.05, 0.1) is 49.1 Å². The lowest BCUT2D eigenvalue weighted by molar-refractivity contribution is -0.154. The number of hydrogen-bond acceptors (Lipinski definition) is 8. The highest BCUT2D eigenvalue weighted by Gasteiger charge is 2.76. The highest BCUT2D eigenvalue weighted by atomic mass is 79.9. The molecule has 0 radical (unpaired) electrons. The molecular formula is C27H40BrN3O6S. The molecule has 4 rings (SSSR count). The van der Waals surface area contributed by atoms with Crippen molar-refractivity contribution < 1.29 is 29.0 Å². The molecule has 38 heavy (non-hydrogen) atoms. The van der Waals surface area contributed by atoms with E-state index < -0.39 is 28.7 Å². The summed E-state index contributed by atoms with van der Waals surface area (Å²) in [4.78, 5) is 47.3. The summed E-state index contributed by atoms with van der Waals surface area (Å²) in [5, 5.41) is 9.93. The van der Waals surface area contributed by atoms with Gasteiger partial charge in [0.15, 0.2) is 0 Å². The first-order chi connectivity index (χ1) is 18.3. The van der Waals surface area contributed by atoms with E-state index in [1.54, 1.807) is 40.6 Å². The second-order valence-electron chi connectivity index (χ2n) is 10.6. The van der Waals surface area contributed by atoms with E-state index in [4.69, 9.17) is 9.47 Å². The summed E-state index contributed by atoms with van der Waals surface area (Å²) in [5.74, 6) is -2.06. The predicted octanol–water partition coefficient (Wildman–Crippen LogP) is 1.69. The average molecular weight is 615 g/mol. The average Bonchev–Trinajstić information content (AvgIpc) is 3.52. The molecule has 4 fully saturated rings. The number of carbonyl (C=O) groups is 3. The number of aliphatic hydroxyl groups is 1. The fourth-order valence-electron chi connectivity index (χ4n) is 6.38. The standard InChI is InChI=1S/C27H40BrN3O6S/c1-4-6-7-13-37-26(35)20-21-24(33)31(18(3)17-32)23(27(21)16-19(28)22(20)38-27)25(34)30(8-5-2)10-9-29-11-14-36-15-12-29/h4-5,18-23,32H,1-2,6-17H2,3H3/t18-,19?,20+,21+,22+,23?,27?/m1/s1. The molecular weight excluding hydrogens is 574 g/mol. The predicted molar refractivity (Wildman–Crippen MR) is 150 cm³/mol. The number of ether oxygens (including phenoxy) is 2. The minimum absolute atomic E-state index is 0.0248. The van der Waals surface area contributed by atoms with Crippen molar-refractivity contribution in [3.8, 4) is 0 Å². The summed E-state index contributed by atoms with van der Waals surface area (Å²) in [5.41, 5.74) is 0. The number of thioether (sulfide) groups is 1. The maximum Gasteiger partial charge on any atom is 0.310 e. The van der Waals surface area contributed by atoms with Gasteiger partial charge in [0, 0.05) is 42.8 Å². The van der Waals surface area contributed by atoms with E-state index >= 15 is 0 Å². The van der Waals surface area contributed by atoms with Crippen molar-refractivity contribution in [2.75, 3.05) is 59.2 Å². The first-order valence-electron chi connectivity index (χ1n) is 13.5. The number of likely N-dealkylation sites (tertiary alicyclic amines) is 1. The van der Waals surface area contributed by atoms with Crippen LogP contribution in [-0.4, -0.2) is 124 Å². The number of alkyl halides is 1. The minimum atomic E-state index is -0.777. The SMILES string of the molecule is C=CCCCOC(=O)[C@H]1[C@H]2C(=O)N([C@H](C)CO)C(C(=O)N(CC=C)CCN3CCOCC3)C23CC(Br)[C@@H]1S3. The molecule has 0 aromatic carbocycles. The molecule has 212 valence electrons. The molecule has 4 aliphatic heterocycles. The number of rotatable bonds is 13. The summed E-state index contributed by atoms with van der Waals surface area (Å²) in [6.07, 6.45) is 5.50. The first-order valence-corrected chi connectivity index (χ1v) is 15.3. The molecule has 1 N–H and O–H groups in total. The molecule has 3 unspecified atom stereocenters. The van der Waals surface area contributed by atoms with Gasteiger partial charge in [-0.25, -0.2) is 0 Å². The zero-order valence-corrected chi connectivity index (χ0v) is 24.5. The lowest BCUT2D eigenvalue weighted by atomic mass is 9.71. The molecule has 11 heteroatoms. The molecule has 9 nitrogen and oxygen atoms in total. The van der Waals surface area contributed by atoms with Crippen molar-refractivity contribution in [3.05, 3.63) is 25.3 Å². The first kappa shape index (κ1) is 29.6. The van der Waals surface area contributed by atoms with Crippen LogP contribution in [0.2, 0.25) is 0 Å². The zero-order chi connectivity index (χ0) is 27.4. The Bertz CT molecular complexity index is 917. The van der Waals surface area contributed by atoms with E-state index in [0.717, 1.165) is 19.5 Å². The lowest BCUT2D eigenvalue weighted by Gasteiger charge is -2.39. The normalized spacial score (nSPS) is 33.2. The van der Waals surface area contributed by atoms with Crippen molar-refractivity contribution in [1.82, 2.24) is 14.7 Å². The highest BCUT2D eigenvalue weighted by molar-refractivity contribution is 9.09. The number of halogens is 1. The Hall–Kier alpha value is -1.40. The van der Waals surface area contributed by atoms with Crippen LogP contribution in [0.25, 0.3) is 0 Å². The Labute approximate surface area is 238 Å². The van der Waals surface area contributed by atoms with Crippen LogP contribution in [0.5, 0.6) is 0 Å². The Morgan fingerprint density at radius 1 is 1.34 bits per heavy atom. The van der Waals surface area contributed by atoms with Crippen LogP contribution in [-0.2, 0) is 23.9 Å². The van der Waals surface area contributed by atoms with Gasteiger partial charge in [-0.1, -0.05) is 28.1 Å². The third-order valence-corrected chi connectivity index (χ3v) is 11.4. The molecule has 2 amide bonds. The van der Waals surface area contributed by atoms with Crippen LogP contribution < -0.4 is 0 Å². The van der Waals surface area contributed by atoms with Gasteiger partial charge < -0.3 is 24.4 Å². The van der Waals surface area contributed by atoms with Crippen LogP contribution in [0.15, 0.2) is 25.3 Å². The van der Waals surface area contributed by atoms with Crippen molar-refractivity contribution in [2.45, 2.75) is 53.1 Å². The molecule has 4 aliphatic rings. The third kappa shape index (κ3) is 5.46. The van der Waals surface area contributed by atoms with Gasteiger partial charge in [-0.15, -0.1) is 24.9 Å². The molecule has 7 atom stereocenters.